The molecule has 0 spiro atoms. The summed E-state index contributed by atoms with van der Waals surface area (Å²) >= 11 is 0.0771. The number of rotatable bonds is 5. The van der Waals surface area contributed by atoms with Crippen molar-refractivity contribution >= 4 is 49.2 Å². The second-order valence-corrected chi connectivity index (χ2v) is 24.3. The third-order valence-electron chi connectivity index (χ3n) is 8.10. The zero-order valence-corrected chi connectivity index (χ0v) is 32.4. The Kier molecular flexibility index (Phi) is 10.3. The van der Waals surface area contributed by atoms with E-state index in [1.54, 1.807) is 17.5 Å². The van der Waals surface area contributed by atoms with Gasteiger partial charge in [-0.3, -0.25) is 0 Å². The van der Waals surface area contributed by atoms with Gasteiger partial charge in [0, 0.05) is 32.4 Å². The van der Waals surface area contributed by atoms with Gasteiger partial charge in [-0.25, -0.2) is 0 Å². The van der Waals surface area contributed by atoms with Crippen molar-refractivity contribution in [2.75, 3.05) is 0 Å². The molecule has 233 valence electrons. The molecule has 1 radical (unpaired) electrons. The molecular formula is C41H38GeIrN2S-2. The first-order valence-corrected chi connectivity index (χ1v) is 23.5. The molecule has 0 unspecified atom stereocenters. The second-order valence-electron chi connectivity index (χ2n) is 12.6. The molecule has 3 aromatic heterocycles. The van der Waals surface area contributed by atoms with Gasteiger partial charge in [-0.2, -0.15) is 11.3 Å². The summed E-state index contributed by atoms with van der Waals surface area (Å²) in [6.07, 6.45) is 3.84. The molecule has 0 aliphatic rings. The largest absolute Gasteiger partial charge is 0 e. The number of hydrogen-bond acceptors (Lipinski definition) is 3. The summed E-state index contributed by atoms with van der Waals surface area (Å²) in [5, 5.41) is 2.50. The van der Waals surface area contributed by atoms with Gasteiger partial charge in [0.1, 0.15) is 0 Å². The Balaban J connectivity index is 0.000000217. The normalized spacial score (nSPS) is 11.8. The van der Waals surface area contributed by atoms with Crippen LogP contribution in [0.1, 0.15) is 32.2 Å². The van der Waals surface area contributed by atoms with Crippen molar-refractivity contribution in [1.82, 2.24) is 9.97 Å². The Morgan fingerprint density at radius 2 is 1.59 bits per heavy atom. The molecule has 0 atom stereocenters. The first-order valence-electron chi connectivity index (χ1n) is 15.8. The van der Waals surface area contributed by atoms with Gasteiger partial charge < -0.3 is 4.98 Å². The van der Waals surface area contributed by atoms with Crippen LogP contribution in [0.5, 0.6) is 0 Å². The minimum atomic E-state index is -1.72. The van der Waals surface area contributed by atoms with E-state index in [-0.39, 0.29) is 20.1 Å². The van der Waals surface area contributed by atoms with Crippen LogP contribution in [0.2, 0.25) is 17.3 Å². The molecule has 0 bridgehead atoms. The molecule has 0 aliphatic heterocycles. The summed E-state index contributed by atoms with van der Waals surface area (Å²) in [4.78, 5) is 9.14. The van der Waals surface area contributed by atoms with Crippen LogP contribution in [-0.2, 0) is 20.1 Å². The first kappa shape index (κ1) is 32.5. The second kappa shape index (κ2) is 14.6. The fourth-order valence-corrected chi connectivity index (χ4v) is 8.84. The summed E-state index contributed by atoms with van der Waals surface area (Å²) in [6.45, 7) is 5.97. The molecule has 46 heavy (non-hydrogen) atoms. The minimum absolute atomic E-state index is 0. The number of pyridine rings is 2. The van der Waals surface area contributed by atoms with Crippen molar-refractivity contribution in [3.63, 3.8) is 0 Å². The summed E-state index contributed by atoms with van der Waals surface area (Å²) in [6, 6.07) is 42.2. The molecule has 4 aromatic carbocycles. The van der Waals surface area contributed by atoms with E-state index >= 15 is 0 Å². The number of nitrogens with zero attached hydrogens (tertiary/aromatic N) is 2. The molecular weight excluding hydrogens is 817 g/mol. The Hall–Kier alpha value is -3.41. The van der Waals surface area contributed by atoms with Gasteiger partial charge in [-0.1, -0.05) is 67.3 Å². The van der Waals surface area contributed by atoms with Crippen LogP contribution in [0.3, 0.4) is 0 Å². The molecule has 0 saturated heterocycles. The average molecular weight is 857 g/mol. The van der Waals surface area contributed by atoms with Crippen molar-refractivity contribution in [2.24, 2.45) is 0 Å². The third kappa shape index (κ3) is 7.42. The smallest absolute Gasteiger partial charge is 0 e. The number of fused-ring (bicyclic) bond motifs is 3. The van der Waals surface area contributed by atoms with Gasteiger partial charge in [0.05, 0.1) is 0 Å². The van der Waals surface area contributed by atoms with E-state index in [1.807, 2.05) is 62.5 Å². The van der Waals surface area contributed by atoms with E-state index in [9.17, 15) is 0 Å². The quantitative estimate of drug-likeness (QED) is 0.127. The summed E-state index contributed by atoms with van der Waals surface area (Å²) in [5.41, 5.74) is 8.73. The molecule has 3 heterocycles. The number of hydrogen-bond donors (Lipinski definition) is 0. The molecule has 5 heteroatoms. The molecule has 0 amide bonds. The minimum Gasteiger partial charge on any atom is 0 e. The molecule has 7 aromatic rings. The molecule has 2 nitrogen and oxygen atoms in total. The maximum atomic E-state index is 8.37. The summed E-state index contributed by atoms with van der Waals surface area (Å²) in [5.74, 6) is 6.48. The van der Waals surface area contributed by atoms with Crippen molar-refractivity contribution < 1.29 is 21.5 Å². The first-order chi connectivity index (χ1) is 22.0. The monoisotopic (exact) mass is 858 g/mol. The zero-order valence-electron chi connectivity index (χ0n) is 28.1. The van der Waals surface area contributed by atoms with Crippen LogP contribution in [0.25, 0.3) is 53.8 Å². The number of thiophene rings is 1. The van der Waals surface area contributed by atoms with E-state index in [0.717, 1.165) is 28.1 Å². The van der Waals surface area contributed by atoms with E-state index in [1.165, 1.54) is 41.3 Å². The van der Waals surface area contributed by atoms with Crippen molar-refractivity contribution in [3.05, 3.63) is 139 Å². The fourth-order valence-electron chi connectivity index (χ4n) is 5.42. The van der Waals surface area contributed by atoms with Gasteiger partial charge >= 0.3 is 99.8 Å². The summed E-state index contributed by atoms with van der Waals surface area (Å²) in [7, 11) is 0. The SMILES string of the molecule is [2H]C(C)(C)c1ccnc(-c2[c-]ccc3c2sc2cc(-c4ccccc4C)ccc23)c1.[CH3][Ge]([CH3])([CH3])[c]1ccc(-c2[c-]cccc2)nc1.[Ir]. The van der Waals surface area contributed by atoms with Crippen LogP contribution in [0.4, 0.5) is 0 Å². The predicted molar refractivity (Wildman–Crippen MR) is 197 cm³/mol. The molecule has 0 saturated carbocycles. The molecule has 7 rings (SSSR count). The van der Waals surface area contributed by atoms with E-state index in [0.29, 0.717) is 0 Å². The number of aryl methyl sites for hydroxylation is 1. The van der Waals surface area contributed by atoms with Gasteiger partial charge in [0.2, 0.25) is 0 Å². The molecule has 0 fully saturated rings. The van der Waals surface area contributed by atoms with Crippen LogP contribution in [-0.4, -0.2) is 23.2 Å². The standard InChI is InChI=1S/C27H22NS.C14H16GeN.Ir/c1-17(2)19-13-14-28-25(15-19)24-10-6-9-23-22-12-11-20(16-26(22)29-27(23)24)21-8-5-4-7-18(21)3;1-15(2,3)13-9-10-14(16-11-13)12-7-5-4-6-8-12;/h4-9,11-17H,1-3H3;4-7,9-11H,1-3H3;/q2*-1;/i17D;;. The van der Waals surface area contributed by atoms with Gasteiger partial charge in [-0.15, -0.1) is 23.8 Å². The molecule has 0 N–H and O–H groups in total. The van der Waals surface area contributed by atoms with E-state index in [4.69, 9.17) is 1.37 Å². The van der Waals surface area contributed by atoms with E-state index < -0.39 is 19.2 Å². The average Bonchev–Trinajstić information content (AvgIpc) is 3.43. The maximum absolute atomic E-state index is 8.37. The van der Waals surface area contributed by atoms with Gasteiger partial charge in [0.25, 0.3) is 0 Å². The Morgan fingerprint density at radius 1 is 0.783 bits per heavy atom. The Bertz CT molecular complexity index is 2130. The van der Waals surface area contributed by atoms with Gasteiger partial charge in [-0.05, 0) is 57.4 Å². The van der Waals surface area contributed by atoms with Crippen LogP contribution in [0, 0.1) is 19.1 Å². The summed E-state index contributed by atoms with van der Waals surface area (Å²) < 4.78 is 12.3. The van der Waals surface area contributed by atoms with Crippen molar-refractivity contribution in [3.8, 4) is 33.6 Å². The predicted octanol–water partition coefficient (Wildman–Crippen LogP) is 11.1. The number of aromatic nitrogens is 2. The number of benzene rings is 4. The van der Waals surface area contributed by atoms with Crippen molar-refractivity contribution in [1.29, 1.82) is 0 Å². The Labute approximate surface area is 295 Å². The topological polar surface area (TPSA) is 25.8 Å². The fraction of sp³-hybridized carbons (Fsp3) is 0.171. The van der Waals surface area contributed by atoms with E-state index in [2.05, 4.69) is 107 Å². The van der Waals surface area contributed by atoms with Crippen molar-refractivity contribution in [2.45, 2.75) is 43.9 Å². The van der Waals surface area contributed by atoms with Crippen LogP contribution < -0.4 is 4.40 Å². The Morgan fingerprint density at radius 3 is 2.28 bits per heavy atom. The maximum Gasteiger partial charge on any atom is 0 e. The van der Waals surface area contributed by atoms with Gasteiger partial charge in [0.15, 0.2) is 0 Å². The van der Waals surface area contributed by atoms with Crippen LogP contribution in [0.15, 0.2) is 116 Å². The molecule has 0 aliphatic carbocycles. The zero-order chi connectivity index (χ0) is 32.5. The van der Waals surface area contributed by atoms with Crippen LogP contribution >= 0.6 is 11.3 Å². The third-order valence-corrected chi connectivity index (χ3v) is 13.5.